The van der Waals surface area contributed by atoms with Gasteiger partial charge in [0.15, 0.2) is 0 Å². The minimum absolute atomic E-state index is 0.0400. The quantitative estimate of drug-likeness (QED) is 0.881. The molecule has 6 heteroatoms. The van der Waals surface area contributed by atoms with E-state index in [4.69, 9.17) is 17.3 Å². The van der Waals surface area contributed by atoms with Crippen molar-refractivity contribution in [2.24, 2.45) is 5.73 Å². The van der Waals surface area contributed by atoms with Crippen LogP contribution < -0.4 is 5.73 Å². The van der Waals surface area contributed by atoms with Gasteiger partial charge in [0.05, 0.1) is 10.6 Å². The Morgan fingerprint density at radius 1 is 1.44 bits per heavy atom. The SMILES string of the molecule is NC(=O)C[CH]c1ccc(C(F)(F)F)c(Cl)c1. The number of rotatable bonds is 3. The third-order valence-corrected chi connectivity index (χ3v) is 2.15. The molecule has 16 heavy (non-hydrogen) atoms. The number of hydrogen-bond donors (Lipinski definition) is 1. The normalized spacial score (nSPS) is 11.5. The van der Waals surface area contributed by atoms with E-state index in [-0.39, 0.29) is 6.42 Å². The van der Waals surface area contributed by atoms with Crippen molar-refractivity contribution >= 4 is 17.5 Å². The van der Waals surface area contributed by atoms with Gasteiger partial charge in [0.1, 0.15) is 0 Å². The number of amides is 1. The molecule has 1 radical (unpaired) electrons. The zero-order chi connectivity index (χ0) is 12.3. The molecule has 1 aromatic carbocycles. The molecular weight excluding hydrogens is 243 g/mol. The average Bonchev–Trinajstić information content (AvgIpc) is 2.12. The lowest BCUT2D eigenvalue weighted by molar-refractivity contribution is -0.137. The van der Waals surface area contributed by atoms with Crippen LogP contribution in [-0.4, -0.2) is 5.91 Å². The molecule has 0 aromatic heterocycles. The number of carbonyl (C=O) groups excluding carboxylic acids is 1. The van der Waals surface area contributed by atoms with Gasteiger partial charge in [0.2, 0.25) is 5.91 Å². The van der Waals surface area contributed by atoms with Crippen LogP contribution in [0.2, 0.25) is 5.02 Å². The van der Waals surface area contributed by atoms with E-state index >= 15 is 0 Å². The Balaban J connectivity index is 2.87. The summed E-state index contributed by atoms with van der Waals surface area (Å²) in [5.41, 5.74) is 4.42. The number of benzene rings is 1. The summed E-state index contributed by atoms with van der Waals surface area (Å²) in [5.74, 6) is -0.559. The summed E-state index contributed by atoms with van der Waals surface area (Å²) in [6, 6.07) is 3.25. The first kappa shape index (κ1) is 12.8. The number of carbonyl (C=O) groups is 1. The highest BCUT2D eigenvalue weighted by Crippen LogP contribution is 2.35. The molecule has 0 saturated heterocycles. The molecule has 87 valence electrons. The van der Waals surface area contributed by atoms with Gasteiger partial charge in [-0.3, -0.25) is 4.79 Å². The lowest BCUT2D eigenvalue weighted by atomic mass is 10.1. The van der Waals surface area contributed by atoms with Crippen molar-refractivity contribution in [2.75, 3.05) is 0 Å². The molecule has 1 amide bonds. The molecule has 0 aliphatic heterocycles. The van der Waals surface area contributed by atoms with Gasteiger partial charge in [0.25, 0.3) is 0 Å². The first-order chi connectivity index (χ1) is 7.30. The molecular formula is C10H8ClF3NO. The van der Waals surface area contributed by atoms with Crippen molar-refractivity contribution in [3.05, 3.63) is 40.8 Å². The molecule has 0 heterocycles. The van der Waals surface area contributed by atoms with Crippen LogP contribution in [0.1, 0.15) is 17.5 Å². The van der Waals surface area contributed by atoms with Gasteiger partial charge >= 0.3 is 6.18 Å². The summed E-state index contributed by atoms with van der Waals surface area (Å²) in [6.45, 7) is 0. The van der Waals surface area contributed by atoms with Crippen LogP contribution in [0.3, 0.4) is 0 Å². The molecule has 0 aliphatic rings. The van der Waals surface area contributed by atoms with Gasteiger partial charge in [-0.05, 0) is 17.7 Å². The monoisotopic (exact) mass is 250 g/mol. The van der Waals surface area contributed by atoms with Crippen molar-refractivity contribution in [3.8, 4) is 0 Å². The van der Waals surface area contributed by atoms with Crippen LogP contribution in [0, 0.1) is 6.42 Å². The first-order valence-corrected chi connectivity index (χ1v) is 4.67. The first-order valence-electron chi connectivity index (χ1n) is 4.29. The van der Waals surface area contributed by atoms with Crippen LogP contribution in [0.4, 0.5) is 13.2 Å². The molecule has 2 N–H and O–H groups in total. The second-order valence-corrected chi connectivity index (χ2v) is 3.52. The van der Waals surface area contributed by atoms with E-state index in [9.17, 15) is 18.0 Å². The van der Waals surface area contributed by atoms with Gasteiger partial charge in [0, 0.05) is 12.8 Å². The highest BCUT2D eigenvalue weighted by molar-refractivity contribution is 6.31. The summed E-state index contributed by atoms with van der Waals surface area (Å²) < 4.78 is 37.0. The smallest absolute Gasteiger partial charge is 0.370 e. The fourth-order valence-electron chi connectivity index (χ4n) is 1.11. The Bertz CT molecular complexity index is 404. The Morgan fingerprint density at radius 2 is 2.06 bits per heavy atom. The zero-order valence-electron chi connectivity index (χ0n) is 8.01. The molecule has 2 nitrogen and oxygen atoms in total. The van der Waals surface area contributed by atoms with E-state index in [2.05, 4.69) is 0 Å². The summed E-state index contributed by atoms with van der Waals surface area (Å²) in [4.78, 5) is 10.5. The zero-order valence-corrected chi connectivity index (χ0v) is 8.77. The highest BCUT2D eigenvalue weighted by Gasteiger charge is 2.32. The van der Waals surface area contributed by atoms with Gasteiger partial charge in [-0.15, -0.1) is 0 Å². The Kier molecular flexibility index (Phi) is 3.80. The average molecular weight is 251 g/mol. The Morgan fingerprint density at radius 3 is 2.50 bits per heavy atom. The third-order valence-electron chi connectivity index (χ3n) is 1.84. The van der Waals surface area contributed by atoms with E-state index in [0.717, 1.165) is 12.1 Å². The van der Waals surface area contributed by atoms with Crippen molar-refractivity contribution < 1.29 is 18.0 Å². The minimum atomic E-state index is -4.47. The molecule has 0 aliphatic carbocycles. The van der Waals surface area contributed by atoms with Crippen molar-refractivity contribution in [2.45, 2.75) is 12.6 Å². The van der Waals surface area contributed by atoms with E-state index in [1.165, 1.54) is 12.5 Å². The van der Waals surface area contributed by atoms with E-state index in [0.29, 0.717) is 5.56 Å². The molecule has 0 fully saturated rings. The van der Waals surface area contributed by atoms with Gasteiger partial charge < -0.3 is 5.73 Å². The number of hydrogen-bond acceptors (Lipinski definition) is 1. The summed E-state index contributed by atoms with van der Waals surface area (Å²) in [7, 11) is 0. The van der Waals surface area contributed by atoms with E-state index in [1.807, 2.05) is 0 Å². The Labute approximate surface area is 95.2 Å². The fourth-order valence-corrected chi connectivity index (χ4v) is 1.40. The molecule has 0 spiro atoms. The maximum atomic E-state index is 12.3. The summed E-state index contributed by atoms with van der Waals surface area (Å²) in [5, 5.41) is -0.397. The lowest BCUT2D eigenvalue weighted by Gasteiger charge is -2.09. The van der Waals surface area contributed by atoms with Crippen molar-refractivity contribution in [1.82, 2.24) is 0 Å². The second-order valence-electron chi connectivity index (χ2n) is 3.11. The van der Waals surface area contributed by atoms with Crippen LogP contribution in [0.25, 0.3) is 0 Å². The number of primary amides is 1. The molecule has 1 rings (SSSR count). The van der Waals surface area contributed by atoms with Crippen LogP contribution in [0.5, 0.6) is 0 Å². The lowest BCUT2D eigenvalue weighted by Crippen LogP contribution is -2.10. The maximum absolute atomic E-state index is 12.3. The van der Waals surface area contributed by atoms with Crippen molar-refractivity contribution in [3.63, 3.8) is 0 Å². The maximum Gasteiger partial charge on any atom is 0.417 e. The standard InChI is InChI=1S/C10H8ClF3NO/c11-8-5-6(2-4-9(15)16)1-3-7(8)10(12,13)14/h1-3,5H,4H2,(H2,15,16). The second kappa shape index (κ2) is 4.74. The van der Waals surface area contributed by atoms with Crippen LogP contribution >= 0.6 is 11.6 Å². The molecule has 0 saturated carbocycles. The summed E-state index contributed by atoms with van der Waals surface area (Å²) in [6.07, 6.45) is -3.10. The van der Waals surface area contributed by atoms with Gasteiger partial charge in [-0.25, -0.2) is 0 Å². The van der Waals surface area contributed by atoms with E-state index in [1.54, 1.807) is 0 Å². The van der Waals surface area contributed by atoms with Gasteiger partial charge in [-0.1, -0.05) is 17.7 Å². The predicted octanol–water partition coefficient (Wildman–Crippen LogP) is 2.79. The van der Waals surface area contributed by atoms with Crippen LogP contribution in [-0.2, 0) is 11.0 Å². The topological polar surface area (TPSA) is 43.1 Å². The number of halogens is 4. The molecule has 0 unspecified atom stereocenters. The third kappa shape index (κ3) is 3.41. The highest BCUT2D eigenvalue weighted by atomic mass is 35.5. The molecule has 0 bridgehead atoms. The van der Waals surface area contributed by atoms with Gasteiger partial charge in [-0.2, -0.15) is 13.2 Å². The van der Waals surface area contributed by atoms with Crippen LogP contribution in [0.15, 0.2) is 18.2 Å². The number of alkyl halides is 3. The van der Waals surface area contributed by atoms with E-state index < -0.39 is 22.7 Å². The molecule has 1 aromatic rings. The predicted molar refractivity (Wildman–Crippen MR) is 53.7 cm³/mol. The molecule has 0 atom stereocenters. The van der Waals surface area contributed by atoms with Crippen molar-refractivity contribution in [1.29, 1.82) is 0 Å². The largest absolute Gasteiger partial charge is 0.417 e. The number of nitrogens with two attached hydrogens (primary N) is 1. The summed E-state index contributed by atoms with van der Waals surface area (Å²) >= 11 is 5.47. The Hall–Kier alpha value is -1.23. The fraction of sp³-hybridized carbons (Fsp3) is 0.200. The minimum Gasteiger partial charge on any atom is -0.370 e.